The van der Waals surface area contributed by atoms with Crippen LogP contribution in [0.25, 0.3) is 17.3 Å². The number of aromatic nitrogens is 1. The van der Waals surface area contributed by atoms with Crippen LogP contribution in [0, 0.1) is 17.0 Å². The van der Waals surface area contributed by atoms with Crippen LogP contribution in [0.3, 0.4) is 0 Å². The number of non-ortho nitro benzene ring substituents is 1. The van der Waals surface area contributed by atoms with Gasteiger partial charge in [-0.3, -0.25) is 24.5 Å². The molecule has 5 rings (SSSR count). The van der Waals surface area contributed by atoms with Crippen molar-refractivity contribution in [1.82, 2.24) is 10.3 Å². The van der Waals surface area contributed by atoms with Crippen molar-refractivity contribution in [2.24, 2.45) is 0 Å². The van der Waals surface area contributed by atoms with Gasteiger partial charge in [0.1, 0.15) is 5.70 Å². The molecule has 46 heavy (non-hydrogen) atoms. The first-order chi connectivity index (χ1) is 22.2. The number of nitro benzene ring substituents is 1. The first-order valence-electron chi connectivity index (χ1n) is 13.9. The highest BCUT2D eigenvalue weighted by Crippen LogP contribution is 2.30. The summed E-state index contributed by atoms with van der Waals surface area (Å²) in [5.74, 6) is -1.10. The smallest absolute Gasteiger partial charge is 0.272 e. The van der Waals surface area contributed by atoms with Crippen molar-refractivity contribution in [3.05, 3.63) is 141 Å². The summed E-state index contributed by atoms with van der Waals surface area (Å²) >= 11 is 2.76. The minimum absolute atomic E-state index is 0.0503. The number of nitrogens with one attached hydrogen (secondary N) is 3. The molecule has 0 bridgehead atoms. The van der Waals surface area contributed by atoms with Crippen molar-refractivity contribution >= 4 is 63.4 Å². The Morgan fingerprint density at radius 2 is 1.52 bits per heavy atom. The van der Waals surface area contributed by atoms with E-state index in [9.17, 15) is 24.5 Å². The Morgan fingerprint density at radius 3 is 2.17 bits per heavy atom. The molecule has 5 aromatic rings. The van der Waals surface area contributed by atoms with Crippen molar-refractivity contribution in [3.63, 3.8) is 0 Å². The lowest BCUT2D eigenvalue weighted by atomic mass is 10.1. The molecule has 3 amide bonds. The van der Waals surface area contributed by atoms with Gasteiger partial charge in [0.05, 0.1) is 16.4 Å². The van der Waals surface area contributed by atoms with Gasteiger partial charge in [-0.05, 0) is 67.1 Å². The molecule has 0 spiro atoms. The summed E-state index contributed by atoms with van der Waals surface area (Å²) in [5.41, 5.74) is 3.00. The summed E-state index contributed by atoms with van der Waals surface area (Å²) in [7, 11) is 0. The second-order valence-corrected chi connectivity index (χ2v) is 12.1. The van der Waals surface area contributed by atoms with E-state index >= 15 is 0 Å². The number of aryl methyl sites for hydroxylation is 1. The van der Waals surface area contributed by atoms with Gasteiger partial charge in [0.25, 0.3) is 17.5 Å². The number of carbonyl (C=O) groups is 3. The molecule has 10 nitrogen and oxygen atoms in total. The average Bonchev–Trinajstić information content (AvgIpc) is 3.44. The largest absolute Gasteiger partial charge is 0.321 e. The van der Waals surface area contributed by atoms with Gasteiger partial charge in [0, 0.05) is 38.7 Å². The fourth-order valence-corrected chi connectivity index (χ4v) is 5.80. The molecule has 0 aliphatic heterocycles. The van der Waals surface area contributed by atoms with E-state index in [0.29, 0.717) is 21.9 Å². The molecule has 0 aliphatic carbocycles. The number of hydrogen-bond acceptors (Lipinski definition) is 8. The van der Waals surface area contributed by atoms with Gasteiger partial charge in [0.2, 0.25) is 5.91 Å². The van der Waals surface area contributed by atoms with E-state index in [4.69, 9.17) is 0 Å². The van der Waals surface area contributed by atoms with Gasteiger partial charge in [0.15, 0.2) is 5.13 Å². The van der Waals surface area contributed by atoms with Gasteiger partial charge in [-0.1, -0.05) is 48.5 Å². The van der Waals surface area contributed by atoms with Crippen molar-refractivity contribution in [1.29, 1.82) is 0 Å². The lowest BCUT2D eigenvalue weighted by Gasteiger charge is -2.12. The average molecular weight is 650 g/mol. The molecular weight excluding hydrogens is 623 g/mol. The highest BCUT2D eigenvalue weighted by Gasteiger charge is 2.16. The summed E-state index contributed by atoms with van der Waals surface area (Å²) < 4.78 is 0. The van der Waals surface area contributed by atoms with E-state index in [-0.39, 0.29) is 23.0 Å². The standard InChI is InChI=1S/C34H27N5O5S2/c1-22-31(24-8-4-2-5-9-24)38-34(46-22)37-30(40)21-45-28-18-14-26(15-19-28)35-33(42)29(36-32(41)25-10-6-3-7-11-25)20-23-12-16-27(17-13-23)39(43)44/h2-20H,21H2,1H3,(H,35,42)(H,36,41)(H,37,38,40)/b29-20-. The van der Waals surface area contributed by atoms with Gasteiger partial charge < -0.3 is 16.0 Å². The SMILES string of the molecule is Cc1sc(NC(=O)CSc2ccc(NC(=O)/C(=C/c3ccc([N+](=O)[O-])cc3)NC(=O)c3ccccc3)cc2)nc1-c1ccccc1. The lowest BCUT2D eigenvalue weighted by molar-refractivity contribution is -0.384. The zero-order valence-electron chi connectivity index (χ0n) is 24.4. The summed E-state index contributed by atoms with van der Waals surface area (Å²) in [6.07, 6.45) is 1.44. The lowest BCUT2D eigenvalue weighted by Crippen LogP contribution is -2.30. The number of nitro groups is 1. The van der Waals surface area contributed by atoms with Crippen molar-refractivity contribution in [2.75, 3.05) is 16.4 Å². The number of carbonyl (C=O) groups excluding carboxylic acids is 3. The molecule has 1 heterocycles. The van der Waals surface area contributed by atoms with E-state index in [2.05, 4.69) is 20.9 Å². The van der Waals surface area contributed by atoms with E-state index in [1.54, 1.807) is 54.6 Å². The van der Waals surface area contributed by atoms with Crippen LogP contribution in [0.4, 0.5) is 16.5 Å². The summed E-state index contributed by atoms with van der Waals surface area (Å²) in [6.45, 7) is 1.97. The molecule has 12 heteroatoms. The molecule has 0 unspecified atom stereocenters. The van der Waals surface area contributed by atoms with Crippen molar-refractivity contribution in [3.8, 4) is 11.3 Å². The van der Waals surface area contributed by atoms with E-state index in [0.717, 1.165) is 21.0 Å². The van der Waals surface area contributed by atoms with Crippen molar-refractivity contribution < 1.29 is 19.3 Å². The highest BCUT2D eigenvalue weighted by molar-refractivity contribution is 8.00. The fraction of sp³-hybridized carbons (Fsp3) is 0.0588. The molecule has 0 radical (unpaired) electrons. The number of thiazole rings is 1. The number of thioether (sulfide) groups is 1. The third-order valence-electron chi connectivity index (χ3n) is 6.52. The fourth-order valence-electron chi connectivity index (χ4n) is 4.25. The van der Waals surface area contributed by atoms with Crippen LogP contribution in [0.1, 0.15) is 20.8 Å². The quantitative estimate of drug-likeness (QED) is 0.0596. The normalized spacial score (nSPS) is 11.0. The van der Waals surface area contributed by atoms with E-state index in [1.807, 2.05) is 37.3 Å². The Kier molecular flexibility index (Phi) is 10.3. The van der Waals surface area contributed by atoms with Crippen LogP contribution in [0.5, 0.6) is 0 Å². The van der Waals surface area contributed by atoms with Crippen LogP contribution in [-0.2, 0) is 9.59 Å². The van der Waals surface area contributed by atoms with Gasteiger partial charge >= 0.3 is 0 Å². The Morgan fingerprint density at radius 1 is 0.870 bits per heavy atom. The van der Waals surface area contributed by atoms with E-state index < -0.39 is 16.7 Å². The molecule has 4 aromatic carbocycles. The van der Waals surface area contributed by atoms with Crippen LogP contribution < -0.4 is 16.0 Å². The molecule has 0 atom stereocenters. The zero-order chi connectivity index (χ0) is 32.5. The van der Waals surface area contributed by atoms with Crippen LogP contribution in [0.15, 0.2) is 120 Å². The molecular formula is C34H27N5O5S2. The Balaban J connectivity index is 1.21. The second-order valence-electron chi connectivity index (χ2n) is 9.83. The number of hydrogen-bond donors (Lipinski definition) is 3. The molecule has 230 valence electrons. The maximum absolute atomic E-state index is 13.3. The van der Waals surface area contributed by atoms with E-state index in [1.165, 1.54) is 53.4 Å². The third kappa shape index (κ3) is 8.52. The monoisotopic (exact) mass is 649 g/mol. The zero-order valence-corrected chi connectivity index (χ0v) is 26.1. The number of amides is 3. The summed E-state index contributed by atoms with van der Waals surface area (Å²) in [6, 6.07) is 30.8. The highest BCUT2D eigenvalue weighted by atomic mass is 32.2. The van der Waals surface area contributed by atoms with Gasteiger partial charge in [-0.15, -0.1) is 23.1 Å². The molecule has 0 fully saturated rings. The van der Waals surface area contributed by atoms with Crippen LogP contribution in [-0.4, -0.2) is 33.4 Å². The Hall–Kier alpha value is -5.59. The predicted octanol–water partition coefficient (Wildman–Crippen LogP) is 7.17. The maximum Gasteiger partial charge on any atom is 0.272 e. The minimum atomic E-state index is -0.587. The predicted molar refractivity (Wildman–Crippen MR) is 182 cm³/mol. The molecule has 0 aliphatic rings. The number of benzene rings is 4. The van der Waals surface area contributed by atoms with Crippen molar-refractivity contribution in [2.45, 2.75) is 11.8 Å². The van der Waals surface area contributed by atoms with Gasteiger partial charge in [-0.25, -0.2) is 4.98 Å². The minimum Gasteiger partial charge on any atom is -0.321 e. The van der Waals surface area contributed by atoms with Crippen LogP contribution >= 0.6 is 23.1 Å². The molecule has 0 saturated carbocycles. The Bertz CT molecular complexity index is 1890. The van der Waals surface area contributed by atoms with Gasteiger partial charge in [-0.2, -0.15) is 0 Å². The number of anilines is 2. The second kappa shape index (κ2) is 14.9. The number of rotatable bonds is 11. The third-order valence-corrected chi connectivity index (χ3v) is 8.41. The first-order valence-corrected chi connectivity index (χ1v) is 15.7. The molecule has 1 aromatic heterocycles. The van der Waals surface area contributed by atoms with Crippen LogP contribution in [0.2, 0.25) is 0 Å². The first kappa shape index (κ1) is 31.8. The summed E-state index contributed by atoms with van der Waals surface area (Å²) in [4.78, 5) is 55.7. The number of nitrogens with zero attached hydrogens (tertiary/aromatic N) is 2. The molecule has 0 saturated heterocycles. The maximum atomic E-state index is 13.3. The topological polar surface area (TPSA) is 143 Å². The summed E-state index contributed by atoms with van der Waals surface area (Å²) in [5, 5.41) is 19.8. The molecule has 3 N–H and O–H groups in total. The Labute approximate surface area is 272 Å².